The summed E-state index contributed by atoms with van der Waals surface area (Å²) in [6.45, 7) is 4.24. The fourth-order valence-electron chi connectivity index (χ4n) is 3.00. The van der Waals surface area contributed by atoms with Gasteiger partial charge in [0, 0.05) is 5.56 Å². The summed E-state index contributed by atoms with van der Waals surface area (Å²) in [5.74, 6) is 0.917. The number of esters is 1. The van der Waals surface area contributed by atoms with E-state index in [2.05, 4.69) is 0 Å². The van der Waals surface area contributed by atoms with Crippen LogP contribution in [0.4, 0.5) is 0 Å². The molecule has 0 atom stereocenters. The quantitative estimate of drug-likeness (QED) is 0.353. The fraction of sp³-hybridized carbons (Fsp3) is 0.130. The van der Waals surface area contributed by atoms with Crippen molar-refractivity contribution in [1.82, 2.24) is 0 Å². The zero-order valence-corrected chi connectivity index (χ0v) is 15.9. The molecule has 1 aromatic heterocycles. The summed E-state index contributed by atoms with van der Waals surface area (Å²) in [6, 6.07) is 13.7. The second-order valence-electron chi connectivity index (χ2n) is 6.37. The molecule has 2 heterocycles. The molecule has 0 bridgehead atoms. The van der Waals surface area contributed by atoms with E-state index in [1.54, 1.807) is 31.2 Å². The number of carbonyl (C=O) groups excluding carboxylic acids is 2. The van der Waals surface area contributed by atoms with E-state index >= 15 is 0 Å². The molecule has 0 unspecified atom stereocenters. The van der Waals surface area contributed by atoms with Crippen molar-refractivity contribution >= 4 is 17.8 Å². The molecular weight excluding hydrogens is 372 g/mol. The Balaban J connectivity index is 1.57. The molecule has 0 saturated heterocycles. The second-order valence-corrected chi connectivity index (χ2v) is 6.37. The average Bonchev–Trinajstić information content (AvgIpc) is 3.36. The molecule has 0 amide bonds. The van der Waals surface area contributed by atoms with Gasteiger partial charge in [-0.3, -0.25) is 4.79 Å². The van der Waals surface area contributed by atoms with Crippen molar-refractivity contribution in [2.75, 3.05) is 6.61 Å². The molecule has 0 aliphatic carbocycles. The van der Waals surface area contributed by atoms with Crippen LogP contribution in [0.2, 0.25) is 0 Å². The van der Waals surface area contributed by atoms with Crippen molar-refractivity contribution in [3.63, 3.8) is 0 Å². The zero-order valence-electron chi connectivity index (χ0n) is 15.9. The topological polar surface area (TPSA) is 75.0 Å². The maximum atomic E-state index is 12.7. The van der Waals surface area contributed by atoms with Crippen molar-refractivity contribution < 1.29 is 28.2 Å². The summed E-state index contributed by atoms with van der Waals surface area (Å²) in [5.41, 5.74) is 1.80. The average molecular weight is 390 g/mol. The summed E-state index contributed by atoms with van der Waals surface area (Å²) >= 11 is 0. The second kappa shape index (κ2) is 7.67. The van der Waals surface area contributed by atoms with Gasteiger partial charge in [-0.05, 0) is 61.9 Å². The first-order valence-electron chi connectivity index (χ1n) is 9.13. The summed E-state index contributed by atoms with van der Waals surface area (Å²) in [7, 11) is 0. The third-order valence-corrected chi connectivity index (χ3v) is 4.45. The monoisotopic (exact) mass is 390 g/mol. The highest BCUT2D eigenvalue weighted by Gasteiger charge is 2.30. The highest BCUT2D eigenvalue weighted by molar-refractivity contribution is 6.15. The molecule has 0 saturated carbocycles. The Labute approximate surface area is 167 Å². The fourth-order valence-corrected chi connectivity index (χ4v) is 3.00. The number of ether oxygens (including phenoxy) is 3. The molecule has 1 aliphatic heterocycles. The Kier molecular flexibility index (Phi) is 4.91. The molecule has 3 aromatic rings. The molecule has 2 aromatic carbocycles. The van der Waals surface area contributed by atoms with Crippen molar-refractivity contribution in [2.45, 2.75) is 13.8 Å². The standard InChI is InChI=1S/C23H18O6/c1-3-26-16-8-6-15(7-9-16)13-20-21(24)17-10-11-18(14(2)22(17)28-20)29-23(25)19-5-4-12-27-19/h4-13H,3H2,1-2H3/b20-13-. The van der Waals surface area contributed by atoms with Crippen LogP contribution in [0.1, 0.15) is 39.0 Å². The van der Waals surface area contributed by atoms with Gasteiger partial charge < -0.3 is 18.6 Å². The number of allylic oxidation sites excluding steroid dienone is 1. The molecule has 0 N–H and O–H groups in total. The summed E-state index contributed by atoms with van der Waals surface area (Å²) in [4.78, 5) is 24.8. The van der Waals surface area contributed by atoms with E-state index < -0.39 is 5.97 Å². The molecule has 146 valence electrons. The Morgan fingerprint density at radius 2 is 1.90 bits per heavy atom. The zero-order chi connectivity index (χ0) is 20.4. The van der Waals surface area contributed by atoms with Crippen LogP contribution in [0.3, 0.4) is 0 Å². The molecule has 0 radical (unpaired) electrons. The van der Waals surface area contributed by atoms with Crippen LogP contribution >= 0.6 is 0 Å². The number of furan rings is 1. The summed E-state index contributed by atoms with van der Waals surface area (Å²) in [5, 5.41) is 0. The van der Waals surface area contributed by atoms with Crippen LogP contribution in [-0.4, -0.2) is 18.4 Å². The van der Waals surface area contributed by atoms with Gasteiger partial charge in [0.1, 0.15) is 17.2 Å². The number of hydrogen-bond donors (Lipinski definition) is 0. The minimum atomic E-state index is -0.618. The maximum absolute atomic E-state index is 12.7. The Hall–Kier alpha value is -3.80. The first-order valence-corrected chi connectivity index (χ1v) is 9.13. The van der Waals surface area contributed by atoms with E-state index in [9.17, 15) is 9.59 Å². The van der Waals surface area contributed by atoms with Gasteiger partial charge in [0.05, 0.1) is 18.4 Å². The van der Waals surface area contributed by atoms with E-state index in [1.807, 2.05) is 31.2 Å². The predicted octanol–water partition coefficient (Wildman–Crippen LogP) is 4.82. The van der Waals surface area contributed by atoms with Crippen LogP contribution < -0.4 is 14.2 Å². The van der Waals surface area contributed by atoms with Gasteiger partial charge in [-0.15, -0.1) is 0 Å². The third-order valence-electron chi connectivity index (χ3n) is 4.45. The number of Topliss-reactive ketones (excluding diaryl/α,β-unsaturated/α-hetero) is 1. The molecule has 0 spiro atoms. The first kappa shape index (κ1) is 18.6. The van der Waals surface area contributed by atoms with Crippen LogP contribution in [0.15, 0.2) is 65.0 Å². The number of fused-ring (bicyclic) bond motifs is 1. The van der Waals surface area contributed by atoms with Gasteiger partial charge in [0.15, 0.2) is 5.76 Å². The van der Waals surface area contributed by atoms with Crippen LogP contribution in [0, 0.1) is 6.92 Å². The van der Waals surface area contributed by atoms with E-state index in [0.717, 1.165) is 11.3 Å². The van der Waals surface area contributed by atoms with Gasteiger partial charge in [-0.2, -0.15) is 0 Å². The molecule has 29 heavy (non-hydrogen) atoms. The third kappa shape index (κ3) is 3.65. The normalized spacial score (nSPS) is 13.9. The number of benzene rings is 2. The SMILES string of the molecule is CCOc1ccc(/C=C2\Oc3c(ccc(OC(=O)c4ccco4)c3C)C2=O)cc1. The summed E-state index contributed by atoms with van der Waals surface area (Å²) in [6.07, 6.45) is 3.07. The van der Waals surface area contributed by atoms with Crippen molar-refractivity contribution in [1.29, 1.82) is 0 Å². The number of rotatable bonds is 5. The molecule has 6 heteroatoms. The lowest BCUT2D eigenvalue weighted by molar-refractivity contribution is 0.0700. The van der Waals surface area contributed by atoms with E-state index in [1.165, 1.54) is 12.3 Å². The molecule has 0 fully saturated rings. The van der Waals surface area contributed by atoms with Crippen LogP contribution in [0.25, 0.3) is 6.08 Å². The van der Waals surface area contributed by atoms with Gasteiger partial charge >= 0.3 is 5.97 Å². The first-order chi connectivity index (χ1) is 14.1. The smallest absolute Gasteiger partial charge is 0.379 e. The van der Waals surface area contributed by atoms with Crippen molar-refractivity contribution in [2.24, 2.45) is 0 Å². The van der Waals surface area contributed by atoms with E-state index in [-0.39, 0.29) is 17.3 Å². The molecule has 1 aliphatic rings. The van der Waals surface area contributed by atoms with E-state index in [0.29, 0.717) is 29.2 Å². The lowest BCUT2D eigenvalue weighted by Crippen LogP contribution is -2.08. The Morgan fingerprint density at radius 1 is 1.10 bits per heavy atom. The number of ketones is 1. The lowest BCUT2D eigenvalue weighted by atomic mass is 10.1. The minimum absolute atomic E-state index is 0.0953. The number of carbonyl (C=O) groups is 2. The molecular formula is C23H18O6. The van der Waals surface area contributed by atoms with Gasteiger partial charge in [0.2, 0.25) is 11.5 Å². The number of hydrogen-bond acceptors (Lipinski definition) is 6. The highest BCUT2D eigenvalue weighted by atomic mass is 16.5. The van der Waals surface area contributed by atoms with Gasteiger partial charge in [-0.1, -0.05) is 12.1 Å². The van der Waals surface area contributed by atoms with Crippen LogP contribution in [0.5, 0.6) is 17.2 Å². The minimum Gasteiger partial charge on any atom is -0.494 e. The molecule has 6 nitrogen and oxygen atoms in total. The summed E-state index contributed by atoms with van der Waals surface area (Å²) < 4.78 is 21.7. The van der Waals surface area contributed by atoms with Gasteiger partial charge in [0.25, 0.3) is 0 Å². The Morgan fingerprint density at radius 3 is 2.59 bits per heavy atom. The van der Waals surface area contributed by atoms with Gasteiger partial charge in [-0.25, -0.2) is 4.79 Å². The van der Waals surface area contributed by atoms with Crippen molar-refractivity contribution in [3.05, 3.63) is 83.0 Å². The lowest BCUT2D eigenvalue weighted by Gasteiger charge is -2.09. The van der Waals surface area contributed by atoms with Crippen molar-refractivity contribution in [3.8, 4) is 17.2 Å². The maximum Gasteiger partial charge on any atom is 0.379 e. The largest absolute Gasteiger partial charge is 0.494 e. The highest BCUT2D eigenvalue weighted by Crippen LogP contribution is 2.39. The van der Waals surface area contributed by atoms with Crippen LogP contribution in [-0.2, 0) is 0 Å². The Bertz CT molecular complexity index is 1090. The predicted molar refractivity (Wildman–Crippen MR) is 105 cm³/mol. The van der Waals surface area contributed by atoms with E-state index in [4.69, 9.17) is 18.6 Å². The molecule has 4 rings (SSSR count).